The van der Waals surface area contributed by atoms with Gasteiger partial charge in [0.05, 0.1) is 5.60 Å². The van der Waals surface area contributed by atoms with Gasteiger partial charge >= 0.3 is 0 Å². The number of ether oxygens (including phenoxy) is 5. The van der Waals surface area contributed by atoms with Gasteiger partial charge in [-0.1, -0.05) is 25.5 Å². The summed E-state index contributed by atoms with van der Waals surface area (Å²) in [5, 5.41) is 9.95. The molecule has 0 aliphatic rings. The summed E-state index contributed by atoms with van der Waals surface area (Å²) >= 11 is 0. The Morgan fingerprint density at radius 2 is 1.71 bits per heavy atom. The van der Waals surface area contributed by atoms with Gasteiger partial charge in [-0.15, -0.1) is 0 Å². The Kier molecular flexibility index (Phi) is 11.8. The normalized spacial score (nSPS) is 13.5. The van der Waals surface area contributed by atoms with Crippen LogP contribution >= 0.6 is 0 Å². The quantitative estimate of drug-likeness (QED) is 0.225. The summed E-state index contributed by atoms with van der Waals surface area (Å²) in [7, 11) is 1.62. The average Bonchev–Trinajstić information content (AvgIpc) is 2.80. The van der Waals surface area contributed by atoms with Crippen LogP contribution in [0.2, 0.25) is 0 Å². The third-order valence-corrected chi connectivity index (χ3v) is 5.56. The second-order valence-electron chi connectivity index (χ2n) is 9.16. The van der Waals surface area contributed by atoms with Crippen molar-refractivity contribution in [3.8, 4) is 11.5 Å². The minimum absolute atomic E-state index is 0.180. The van der Waals surface area contributed by atoms with Crippen molar-refractivity contribution in [3.63, 3.8) is 0 Å². The van der Waals surface area contributed by atoms with Crippen molar-refractivity contribution in [1.29, 1.82) is 0 Å². The van der Waals surface area contributed by atoms with Crippen molar-refractivity contribution in [2.45, 2.75) is 78.3 Å². The summed E-state index contributed by atoms with van der Waals surface area (Å²) in [5.74, 6) is 1.89. The highest BCUT2D eigenvalue weighted by molar-refractivity contribution is 5.36. The van der Waals surface area contributed by atoms with Crippen LogP contribution < -0.4 is 9.47 Å². The van der Waals surface area contributed by atoms with Gasteiger partial charge in [0.2, 0.25) is 0 Å². The van der Waals surface area contributed by atoms with Gasteiger partial charge in [0.1, 0.15) is 18.1 Å². The Bertz CT molecular complexity index is 845. The molecule has 0 saturated heterocycles. The van der Waals surface area contributed by atoms with E-state index in [9.17, 15) is 5.11 Å². The van der Waals surface area contributed by atoms with Crippen molar-refractivity contribution in [1.82, 2.24) is 0 Å². The Morgan fingerprint density at radius 1 is 0.941 bits per heavy atom. The highest BCUT2D eigenvalue weighted by Gasteiger charge is 2.15. The monoisotopic (exact) mass is 474 g/mol. The van der Waals surface area contributed by atoms with Gasteiger partial charge in [-0.25, -0.2) is 0 Å². The Balaban J connectivity index is 2.09. The van der Waals surface area contributed by atoms with Crippen molar-refractivity contribution in [2.24, 2.45) is 0 Å². The lowest BCUT2D eigenvalue weighted by atomic mass is 9.92. The lowest BCUT2D eigenvalue weighted by Gasteiger charge is -2.19. The van der Waals surface area contributed by atoms with Crippen LogP contribution in [0.25, 0.3) is 0 Å². The first kappa shape index (κ1) is 28.1. The molecule has 0 aromatic heterocycles. The number of hydrogen-bond donors (Lipinski definition) is 1. The predicted molar refractivity (Wildman–Crippen MR) is 134 cm³/mol. The molecule has 0 radical (unpaired) electrons. The van der Waals surface area contributed by atoms with E-state index in [1.807, 2.05) is 58.0 Å². The molecule has 2 aromatic carbocycles. The number of hydrogen-bond acceptors (Lipinski definition) is 6. The molecule has 2 rings (SSSR count). The van der Waals surface area contributed by atoms with Gasteiger partial charge in [-0.05, 0) is 87.9 Å². The van der Waals surface area contributed by atoms with Gasteiger partial charge in [0, 0.05) is 25.9 Å². The van der Waals surface area contributed by atoms with E-state index in [2.05, 4.69) is 19.1 Å². The van der Waals surface area contributed by atoms with Crippen molar-refractivity contribution in [2.75, 3.05) is 27.1 Å². The fourth-order valence-corrected chi connectivity index (χ4v) is 3.72. The molecular formula is C28H42O6. The smallest absolute Gasteiger partial charge is 0.189 e. The van der Waals surface area contributed by atoms with Gasteiger partial charge in [-0.3, -0.25) is 0 Å². The standard InChI is InChI=1S/C28H42O6/c1-7-31-20-34-26-16-22(15-24(18-26)27(30-6)32-8-2)19-33-25-13-9-12-23(17-25)21(3)11-10-14-28(4,5)29/h9,12-13,15-18,21,27,29H,7-8,10-11,14,19-20H2,1-6H3. The maximum absolute atomic E-state index is 9.95. The second-order valence-corrected chi connectivity index (χ2v) is 9.16. The van der Waals surface area contributed by atoms with Crippen LogP contribution in [0.5, 0.6) is 11.5 Å². The van der Waals surface area contributed by atoms with Gasteiger partial charge in [0.15, 0.2) is 13.1 Å². The molecule has 2 aromatic rings. The molecule has 0 saturated carbocycles. The van der Waals surface area contributed by atoms with E-state index >= 15 is 0 Å². The van der Waals surface area contributed by atoms with Crippen LogP contribution in [0.3, 0.4) is 0 Å². The van der Waals surface area contributed by atoms with Gasteiger partial charge < -0.3 is 28.8 Å². The average molecular weight is 475 g/mol. The molecular weight excluding hydrogens is 432 g/mol. The van der Waals surface area contributed by atoms with Gasteiger partial charge in [0.25, 0.3) is 0 Å². The third-order valence-electron chi connectivity index (χ3n) is 5.56. The third kappa shape index (κ3) is 10.0. The van der Waals surface area contributed by atoms with E-state index in [1.165, 1.54) is 5.56 Å². The first-order valence-electron chi connectivity index (χ1n) is 12.2. The molecule has 0 amide bonds. The maximum atomic E-state index is 9.95. The lowest BCUT2D eigenvalue weighted by molar-refractivity contribution is -0.124. The molecule has 0 heterocycles. The zero-order chi connectivity index (χ0) is 25.0. The highest BCUT2D eigenvalue weighted by Crippen LogP contribution is 2.28. The molecule has 0 aliphatic heterocycles. The minimum atomic E-state index is -0.617. The summed E-state index contributed by atoms with van der Waals surface area (Å²) in [6.45, 7) is 11.5. The van der Waals surface area contributed by atoms with Crippen LogP contribution in [0.15, 0.2) is 42.5 Å². The molecule has 0 spiro atoms. The summed E-state index contributed by atoms with van der Waals surface area (Å²) in [5.41, 5.74) is 2.44. The fraction of sp³-hybridized carbons (Fsp3) is 0.571. The molecule has 2 atom stereocenters. The zero-order valence-electron chi connectivity index (χ0n) is 21.6. The van der Waals surface area contributed by atoms with Crippen molar-refractivity contribution in [3.05, 3.63) is 59.2 Å². The molecule has 0 aliphatic carbocycles. The van der Waals surface area contributed by atoms with Crippen LogP contribution in [0.1, 0.15) is 82.8 Å². The molecule has 2 unspecified atom stereocenters. The molecule has 34 heavy (non-hydrogen) atoms. The largest absolute Gasteiger partial charge is 0.489 e. The Morgan fingerprint density at radius 3 is 2.38 bits per heavy atom. The first-order valence-corrected chi connectivity index (χ1v) is 12.2. The van der Waals surface area contributed by atoms with E-state index in [4.69, 9.17) is 23.7 Å². The van der Waals surface area contributed by atoms with Crippen LogP contribution in [0.4, 0.5) is 0 Å². The number of benzene rings is 2. The maximum Gasteiger partial charge on any atom is 0.189 e. The number of aliphatic hydroxyl groups is 1. The Hall–Kier alpha value is -2.12. The molecule has 1 N–H and O–H groups in total. The van der Waals surface area contributed by atoms with Crippen LogP contribution in [0, 0.1) is 0 Å². The molecule has 6 heteroatoms. The van der Waals surface area contributed by atoms with E-state index in [-0.39, 0.29) is 6.79 Å². The SMILES string of the molecule is CCOCOc1cc(COc2cccc(C(C)CCCC(C)(C)O)c2)cc(C(OC)OCC)c1. The molecule has 6 nitrogen and oxygen atoms in total. The number of methoxy groups -OCH3 is 1. The highest BCUT2D eigenvalue weighted by atomic mass is 16.7. The predicted octanol–water partition coefficient (Wildman–Crippen LogP) is 6.36. The molecule has 0 bridgehead atoms. The van der Waals surface area contributed by atoms with E-state index in [0.717, 1.165) is 36.1 Å². The summed E-state index contributed by atoms with van der Waals surface area (Å²) in [6, 6.07) is 14.1. The first-order chi connectivity index (χ1) is 16.3. The zero-order valence-corrected chi connectivity index (χ0v) is 21.6. The molecule has 0 fully saturated rings. The van der Waals surface area contributed by atoms with Crippen LogP contribution in [-0.2, 0) is 20.8 Å². The van der Waals surface area contributed by atoms with Gasteiger partial charge in [-0.2, -0.15) is 0 Å². The van der Waals surface area contributed by atoms with E-state index in [0.29, 0.717) is 31.5 Å². The van der Waals surface area contributed by atoms with E-state index in [1.54, 1.807) is 7.11 Å². The Labute approximate surface area is 205 Å². The summed E-state index contributed by atoms with van der Waals surface area (Å²) in [6.07, 6.45) is 2.31. The summed E-state index contributed by atoms with van der Waals surface area (Å²) in [4.78, 5) is 0. The van der Waals surface area contributed by atoms with Crippen LogP contribution in [-0.4, -0.2) is 37.8 Å². The van der Waals surface area contributed by atoms with Crippen molar-refractivity contribution >= 4 is 0 Å². The second kappa shape index (κ2) is 14.3. The topological polar surface area (TPSA) is 66.4 Å². The minimum Gasteiger partial charge on any atom is -0.489 e. The summed E-state index contributed by atoms with van der Waals surface area (Å²) < 4.78 is 28.4. The lowest BCUT2D eigenvalue weighted by Crippen LogP contribution is -2.18. The number of rotatable bonds is 16. The van der Waals surface area contributed by atoms with E-state index < -0.39 is 11.9 Å². The molecule has 190 valence electrons. The fourth-order valence-electron chi connectivity index (χ4n) is 3.72. The van der Waals surface area contributed by atoms with Crippen molar-refractivity contribution < 1.29 is 28.8 Å².